The fourth-order valence-corrected chi connectivity index (χ4v) is 5.61. The maximum Gasteiger partial charge on any atom is 0.262 e. The summed E-state index contributed by atoms with van der Waals surface area (Å²) in [7, 11) is 3.06. The number of aryl methyl sites for hydroxylation is 2. The van der Waals surface area contributed by atoms with Gasteiger partial charge in [-0.1, -0.05) is 0 Å². The van der Waals surface area contributed by atoms with Gasteiger partial charge in [-0.15, -0.1) is 0 Å². The van der Waals surface area contributed by atoms with Crippen molar-refractivity contribution in [2.24, 2.45) is 0 Å². The van der Waals surface area contributed by atoms with Gasteiger partial charge >= 0.3 is 0 Å². The maximum atomic E-state index is 12.9. The van der Waals surface area contributed by atoms with E-state index in [2.05, 4.69) is 38.4 Å². The third kappa shape index (κ3) is 6.17. The second-order valence-corrected chi connectivity index (χ2v) is 10.3. The van der Waals surface area contributed by atoms with Crippen LogP contribution in [0.2, 0.25) is 0 Å². The van der Waals surface area contributed by atoms with E-state index < -0.39 is 5.91 Å². The van der Waals surface area contributed by atoms with Crippen molar-refractivity contribution < 1.29 is 19.0 Å². The lowest BCUT2D eigenvalue weighted by molar-refractivity contribution is -0.117. The number of carbonyl (C=O) groups is 1. The minimum atomic E-state index is -0.452. The summed E-state index contributed by atoms with van der Waals surface area (Å²) in [4.78, 5) is 23.3. The average Bonchev–Trinajstić information content (AvgIpc) is 2.99. The topological polar surface area (TPSA) is 162 Å². The average molecular weight is 570 g/mol. The highest BCUT2D eigenvalue weighted by Crippen LogP contribution is 2.39. The third-order valence-corrected chi connectivity index (χ3v) is 7.50. The molecule has 0 fully saturated rings. The van der Waals surface area contributed by atoms with Crippen LogP contribution in [0.15, 0.2) is 36.0 Å². The number of carbonyl (C=O) groups excluding carboxylic acids is 1. The Labute approximate surface area is 245 Å². The molecule has 11 nitrogen and oxygen atoms in total. The molecule has 0 radical (unpaired) electrons. The molecule has 0 saturated heterocycles. The van der Waals surface area contributed by atoms with Crippen molar-refractivity contribution in [2.75, 3.05) is 56.8 Å². The number of anilines is 3. The van der Waals surface area contributed by atoms with Gasteiger partial charge in [0.1, 0.15) is 24.1 Å². The zero-order valence-electron chi connectivity index (χ0n) is 23.9. The molecular weight excluding hydrogens is 534 g/mol. The summed E-state index contributed by atoms with van der Waals surface area (Å²) in [6.07, 6.45) is 7.97. The van der Waals surface area contributed by atoms with Crippen molar-refractivity contribution in [2.45, 2.75) is 32.1 Å². The van der Waals surface area contributed by atoms with Crippen molar-refractivity contribution in [1.82, 2.24) is 15.3 Å². The number of nitriles is 1. The standard InChI is InChI=1S/C31H35N7O4/c1-40-25-15-20(14-24-18-36-31(34)37-29(24)33)16-26(41-2)28(25)42-10-7-35-30(39)23(17-32)13-19-11-21-5-3-8-38-9-4-6-22(12-19)27(21)38/h11-13,15-16,18H,3-10,14H2,1-2H3,(H,35,39)(H4,33,34,36,37)/b23-13+. The van der Waals surface area contributed by atoms with Gasteiger partial charge in [-0.3, -0.25) is 4.79 Å². The Balaban J connectivity index is 1.23. The SMILES string of the molecule is COc1cc(Cc2cnc(N)nc2N)cc(OC)c1OCCNC(=O)/C(C#N)=C/c1cc2c3c(c1)CCCN3CCC2. The minimum Gasteiger partial charge on any atom is -0.493 e. The van der Waals surface area contributed by atoms with Crippen LogP contribution < -0.4 is 35.9 Å². The number of methoxy groups -OCH3 is 2. The number of hydrogen-bond acceptors (Lipinski definition) is 10. The summed E-state index contributed by atoms with van der Waals surface area (Å²) in [5.74, 6) is 1.27. The number of ether oxygens (including phenoxy) is 3. The van der Waals surface area contributed by atoms with Crippen LogP contribution in [-0.4, -0.2) is 56.3 Å². The highest BCUT2D eigenvalue weighted by Gasteiger charge is 2.24. The molecule has 3 heterocycles. The van der Waals surface area contributed by atoms with Crippen LogP contribution in [0, 0.1) is 11.3 Å². The minimum absolute atomic E-state index is 0.0519. The van der Waals surface area contributed by atoms with E-state index in [1.165, 1.54) is 31.0 Å². The van der Waals surface area contributed by atoms with Gasteiger partial charge in [0.05, 0.1) is 20.8 Å². The first-order valence-electron chi connectivity index (χ1n) is 14.0. The van der Waals surface area contributed by atoms with Crippen LogP contribution in [0.4, 0.5) is 17.5 Å². The molecule has 3 aromatic rings. The molecule has 11 heteroatoms. The lowest BCUT2D eigenvalue weighted by Gasteiger charge is -2.37. The number of nitrogen functional groups attached to an aromatic ring is 2. The van der Waals surface area contributed by atoms with Crippen molar-refractivity contribution in [1.29, 1.82) is 5.26 Å². The van der Waals surface area contributed by atoms with Gasteiger partial charge in [-0.05, 0) is 78.3 Å². The van der Waals surface area contributed by atoms with E-state index >= 15 is 0 Å². The molecule has 5 N–H and O–H groups in total. The fraction of sp³-hybridized carbons (Fsp3) is 0.355. The molecule has 1 amide bonds. The summed E-state index contributed by atoms with van der Waals surface area (Å²) >= 11 is 0. The second kappa shape index (κ2) is 12.7. The Kier molecular flexibility index (Phi) is 8.62. The Morgan fingerprint density at radius 1 is 1.10 bits per heavy atom. The highest BCUT2D eigenvalue weighted by atomic mass is 16.5. The predicted molar refractivity (Wildman–Crippen MR) is 161 cm³/mol. The number of rotatable bonds is 10. The fourth-order valence-electron chi connectivity index (χ4n) is 5.61. The zero-order chi connectivity index (χ0) is 29.6. The van der Waals surface area contributed by atoms with Crippen LogP contribution in [0.25, 0.3) is 6.08 Å². The van der Waals surface area contributed by atoms with Crippen molar-refractivity contribution >= 4 is 29.4 Å². The smallest absolute Gasteiger partial charge is 0.262 e. The second-order valence-electron chi connectivity index (χ2n) is 10.3. The predicted octanol–water partition coefficient (Wildman–Crippen LogP) is 3.05. The molecule has 0 atom stereocenters. The molecule has 2 aliphatic rings. The van der Waals surface area contributed by atoms with Crippen LogP contribution in [0.1, 0.15) is 40.7 Å². The van der Waals surface area contributed by atoms with Gasteiger partial charge in [0, 0.05) is 37.0 Å². The molecule has 218 valence electrons. The summed E-state index contributed by atoms with van der Waals surface area (Å²) in [6.45, 7) is 2.50. The number of hydrogen-bond donors (Lipinski definition) is 3. The molecule has 0 saturated carbocycles. The van der Waals surface area contributed by atoms with Crippen molar-refractivity contribution in [3.8, 4) is 23.3 Å². The largest absolute Gasteiger partial charge is 0.493 e. The monoisotopic (exact) mass is 569 g/mol. The lowest BCUT2D eigenvalue weighted by Crippen LogP contribution is -2.34. The summed E-state index contributed by atoms with van der Waals surface area (Å²) in [6, 6.07) is 9.90. The van der Waals surface area contributed by atoms with E-state index in [4.69, 9.17) is 25.7 Å². The summed E-state index contributed by atoms with van der Waals surface area (Å²) in [5.41, 5.74) is 18.0. The molecule has 42 heavy (non-hydrogen) atoms. The van der Waals surface area contributed by atoms with Gasteiger partial charge in [0.15, 0.2) is 11.5 Å². The van der Waals surface area contributed by atoms with Crippen molar-refractivity contribution in [3.63, 3.8) is 0 Å². The quantitative estimate of drug-likeness (QED) is 0.188. The molecule has 1 aromatic heterocycles. The molecule has 0 unspecified atom stereocenters. The summed E-state index contributed by atoms with van der Waals surface area (Å²) < 4.78 is 17.1. The Morgan fingerprint density at radius 2 is 1.76 bits per heavy atom. The van der Waals surface area contributed by atoms with E-state index in [0.717, 1.165) is 49.9 Å². The first-order valence-corrected chi connectivity index (χ1v) is 14.0. The molecule has 5 rings (SSSR count). The van der Waals surface area contributed by atoms with Gasteiger partial charge < -0.3 is 35.9 Å². The highest BCUT2D eigenvalue weighted by molar-refractivity contribution is 6.01. The molecule has 0 bridgehead atoms. The van der Waals surface area contributed by atoms with Gasteiger partial charge in [0.25, 0.3) is 5.91 Å². The first-order chi connectivity index (χ1) is 20.4. The molecule has 2 aromatic carbocycles. The van der Waals surface area contributed by atoms with Crippen LogP contribution in [0.5, 0.6) is 17.2 Å². The Hall–Kier alpha value is -4.98. The zero-order valence-corrected chi connectivity index (χ0v) is 23.9. The number of amides is 1. The number of benzene rings is 2. The maximum absolute atomic E-state index is 12.9. The molecule has 0 spiro atoms. The Morgan fingerprint density at radius 3 is 2.36 bits per heavy atom. The normalized spacial score (nSPS) is 14.0. The first kappa shape index (κ1) is 28.5. The molecular formula is C31H35N7O4. The van der Waals surface area contributed by atoms with Crippen LogP contribution >= 0.6 is 0 Å². The van der Waals surface area contributed by atoms with E-state index in [1.54, 1.807) is 12.3 Å². The van der Waals surface area contributed by atoms with Crippen LogP contribution in [-0.2, 0) is 24.1 Å². The van der Waals surface area contributed by atoms with Crippen molar-refractivity contribution in [3.05, 3.63) is 63.9 Å². The number of nitrogens with zero attached hydrogens (tertiary/aromatic N) is 4. The van der Waals surface area contributed by atoms with Gasteiger partial charge in [0.2, 0.25) is 11.7 Å². The van der Waals surface area contributed by atoms with Crippen LogP contribution in [0.3, 0.4) is 0 Å². The van der Waals surface area contributed by atoms with E-state index in [-0.39, 0.29) is 24.7 Å². The number of nitrogens with two attached hydrogens (primary N) is 2. The number of aromatic nitrogens is 2. The summed E-state index contributed by atoms with van der Waals surface area (Å²) in [5, 5.41) is 12.5. The molecule has 0 aliphatic carbocycles. The van der Waals surface area contributed by atoms with E-state index in [0.29, 0.717) is 35.1 Å². The van der Waals surface area contributed by atoms with E-state index in [9.17, 15) is 10.1 Å². The van der Waals surface area contributed by atoms with Gasteiger partial charge in [-0.25, -0.2) is 4.98 Å². The van der Waals surface area contributed by atoms with Gasteiger partial charge in [-0.2, -0.15) is 10.2 Å². The van der Waals surface area contributed by atoms with E-state index in [1.807, 2.05) is 12.1 Å². The molecule has 2 aliphatic heterocycles. The Bertz CT molecular complexity index is 1510. The lowest BCUT2D eigenvalue weighted by atomic mass is 9.89. The third-order valence-electron chi connectivity index (χ3n) is 7.50. The number of nitrogens with one attached hydrogen (secondary N) is 1.